The number of hydrogen-bond acceptors (Lipinski definition) is 4. The van der Waals surface area contributed by atoms with Crippen molar-refractivity contribution in [2.75, 3.05) is 0 Å². The maximum absolute atomic E-state index is 11.8. The Hall–Kier alpha value is -1.80. The van der Waals surface area contributed by atoms with E-state index in [2.05, 4.69) is 6.07 Å². The zero-order chi connectivity index (χ0) is 14.2. The molecule has 1 heterocycles. The number of carbonyl (C=O) groups excluding carboxylic acids is 1. The predicted molar refractivity (Wildman–Crippen MR) is 68.4 cm³/mol. The average Bonchev–Trinajstić information content (AvgIpc) is 3.06. The maximum atomic E-state index is 11.8. The lowest BCUT2D eigenvalue weighted by Crippen LogP contribution is -2.28. The molecule has 3 unspecified atom stereocenters. The molecule has 1 saturated heterocycles. The van der Waals surface area contributed by atoms with Crippen molar-refractivity contribution in [1.29, 1.82) is 5.26 Å². The van der Waals surface area contributed by atoms with E-state index in [-0.39, 0.29) is 18.1 Å². The van der Waals surface area contributed by atoms with E-state index in [0.717, 1.165) is 5.57 Å². The fourth-order valence-electron chi connectivity index (χ4n) is 1.90. The average molecular weight is 262 g/mol. The Balaban J connectivity index is 1.96. The summed E-state index contributed by atoms with van der Waals surface area (Å²) in [5.41, 5.74) is 0.355. The number of hydrogen-bond donors (Lipinski definition) is 0. The lowest BCUT2D eigenvalue weighted by Gasteiger charge is -2.19. The summed E-state index contributed by atoms with van der Waals surface area (Å²) in [4.78, 5) is 17.0. The highest BCUT2D eigenvalue weighted by molar-refractivity contribution is 5.69. The van der Waals surface area contributed by atoms with Crippen LogP contribution in [0.4, 0.5) is 4.79 Å². The van der Waals surface area contributed by atoms with Gasteiger partial charge in [-0.2, -0.15) is 5.26 Å². The van der Waals surface area contributed by atoms with Gasteiger partial charge in [-0.1, -0.05) is 25.2 Å². The Kier molecular flexibility index (Phi) is 3.38. The zero-order valence-corrected chi connectivity index (χ0v) is 11.6. The van der Waals surface area contributed by atoms with Gasteiger partial charge in [-0.05, 0) is 26.7 Å². The minimum atomic E-state index is -0.538. The minimum absolute atomic E-state index is 0.113. The fraction of sp³-hybridized carbons (Fsp3) is 0.571. The van der Waals surface area contributed by atoms with E-state index in [1.54, 1.807) is 0 Å². The number of nitriles is 1. The van der Waals surface area contributed by atoms with E-state index in [9.17, 15) is 4.79 Å². The largest absolute Gasteiger partial charge is 0.442 e. The molecule has 0 saturated carbocycles. The normalized spacial score (nSPS) is 29.5. The fourth-order valence-corrected chi connectivity index (χ4v) is 1.90. The third-order valence-electron chi connectivity index (χ3n) is 2.91. The summed E-state index contributed by atoms with van der Waals surface area (Å²) in [5, 5.41) is 10.1. The number of nitrogens with zero attached hydrogens (tertiary/aromatic N) is 2. The monoisotopic (exact) mass is 262 g/mol. The number of carbonyl (C=O) groups is 1. The second kappa shape index (κ2) is 4.71. The first kappa shape index (κ1) is 13.6. The molecule has 0 spiro atoms. The first-order chi connectivity index (χ1) is 8.81. The van der Waals surface area contributed by atoms with Crippen molar-refractivity contribution >= 4 is 6.09 Å². The molecule has 1 fully saturated rings. The first-order valence-electron chi connectivity index (χ1n) is 6.30. The van der Waals surface area contributed by atoms with Crippen LogP contribution >= 0.6 is 0 Å². The van der Waals surface area contributed by atoms with Crippen molar-refractivity contribution in [2.24, 2.45) is 11.8 Å². The molecule has 5 heteroatoms. The van der Waals surface area contributed by atoms with Gasteiger partial charge in [-0.25, -0.2) is 9.63 Å². The van der Waals surface area contributed by atoms with Crippen molar-refractivity contribution in [1.82, 2.24) is 5.06 Å². The molecule has 1 aliphatic heterocycles. The van der Waals surface area contributed by atoms with Crippen LogP contribution in [-0.2, 0) is 9.57 Å². The summed E-state index contributed by atoms with van der Waals surface area (Å²) in [6.45, 7) is 7.39. The number of allylic oxidation sites excluding steroid dienone is 2. The van der Waals surface area contributed by atoms with Crippen LogP contribution < -0.4 is 0 Å². The minimum Gasteiger partial charge on any atom is -0.442 e. The lowest BCUT2D eigenvalue weighted by atomic mass is 9.88. The molecule has 2 rings (SSSR count). The third-order valence-corrected chi connectivity index (χ3v) is 2.91. The predicted octanol–water partition coefficient (Wildman–Crippen LogP) is 2.77. The molecule has 3 atom stereocenters. The molecular formula is C14H18N2O3. The molecule has 5 nitrogen and oxygen atoms in total. The van der Waals surface area contributed by atoms with Crippen LogP contribution in [0, 0.1) is 23.2 Å². The first-order valence-corrected chi connectivity index (χ1v) is 6.30. The van der Waals surface area contributed by atoms with Crippen LogP contribution in [-0.4, -0.2) is 23.0 Å². The molecule has 1 amide bonds. The molecule has 0 aromatic rings. The van der Waals surface area contributed by atoms with Crippen LogP contribution in [0.2, 0.25) is 0 Å². The Labute approximate surface area is 113 Å². The standard InChI is InChI=1S/C14H18N2O3/c1-9-7-10(5-6-11(9)8-15)12-16(19-12)13(17)18-14(2,3)4/h5-7,9,11-12H,1-4H3. The van der Waals surface area contributed by atoms with Gasteiger partial charge in [-0.3, -0.25) is 0 Å². The van der Waals surface area contributed by atoms with Gasteiger partial charge in [0.1, 0.15) is 5.60 Å². The highest BCUT2D eigenvalue weighted by Crippen LogP contribution is 2.34. The summed E-state index contributed by atoms with van der Waals surface area (Å²) in [6.07, 6.45) is 4.77. The molecule has 19 heavy (non-hydrogen) atoms. The molecule has 0 radical (unpaired) electrons. The molecule has 0 bridgehead atoms. The van der Waals surface area contributed by atoms with Crippen LogP contribution in [0.25, 0.3) is 0 Å². The van der Waals surface area contributed by atoms with Crippen molar-refractivity contribution in [2.45, 2.75) is 39.5 Å². The highest BCUT2D eigenvalue weighted by atomic mass is 16.9. The van der Waals surface area contributed by atoms with Gasteiger partial charge in [0.2, 0.25) is 6.23 Å². The van der Waals surface area contributed by atoms with Crippen molar-refractivity contribution in [3.63, 3.8) is 0 Å². The van der Waals surface area contributed by atoms with E-state index >= 15 is 0 Å². The van der Waals surface area contributed by atoms with Gasteiger partial charge in [0, 0.05) is 5.57 Å². The Morgan fingerprint density at radius 2 is 2.21 bits per heavy atom. The molecule has 0 aromatic heterocycles. The van der Waals surface area contributed by atoms with Gasteiger partial charge in [0.25, 0.3) is 0 Å². The Bertz CT molecular complexity index is 482. The van der Waals surface area contributed by atoms with Crippen molar-refractivity contribution in [3.8, 4) is 6.07 Å². The van der Waals surface area contributed by atoms with Gasteiger partial charge in [0.05, 0.1) is 12.0 Å². The molecule has 0 N–H and O–H groups in total. The number of ether oxygens (including phenoxy) is 1. The van der Waals surface area contributed by atoms with Crippen LogP contribution in [0.3, 0.4) is 0 Å². The van der Waals surface area contributed by atoms with E-state index in [4.69, 9.17) is 14.8 Å². The molecule has 102 valence electrons. The Morgan fingerprint density at radius 3 is 2.74 bits per heavy atom. The van der Waals surface area contributed by atoms with Crippen LogP contribution in [0.1, 0.15) is 27.7 Å². The van der Waals surface area contributed by atoms with Gasteiger partial charge in [0.15, 0.2) is 0 Å². The molecule has 2 aliphatic rings. The van der Waals surface area contributed by atoms with Crippen LogP contribution in [0.5, 0.6) is 0 Å². The topological polar surface area (TPSA) is 65.6 Å². The number of rotatable bonds is 1. The van der Waals surface area contributed by atoms with Crippen molar-refractivity contribution in [3.05, 3.63) is 23.8 Å². The summed E-state index contributed by atoms with van der Waals surface area (Å²) in [6, 6.07) is 2.22. The van der Waals surface area contributed by atoms with Gasteiger partial charge >= 0.3 is 6.09 Å². The SMILES string of the molecule is CC1C=C(C2ON2C(=O)OC(C)(C)C)C=CC1C#N. The summed E-state index contributed by atoms with van der Waals surface area (Å²) < 4.78 is 5.21. The summed E-state index contributed by atoms with van der Waals surface area (Å²) >= 11 is 0. The van der Waals surface area contributed by atoms with Crippen molar-refractivity contribution < 1.29 is 14.4 Å². The smallest absolute Gasteiger partial charge is 0.437 e. The molecular weight excluding hydrogens is 244 g/mol. The van der Waals surface area contributed by atoms with E-state index in [1.807, 2.05) is 45.9 Å². The van der Waals surface area contributed by atoms with E-state index in [0.29, 0.717) is 0 Å². The Morgan fingerprint density at radius 1 is 1.53 bits per heavy atom. The highest BCUT2D eigenvalue weighted by Gasteiger charge is 2.46. The lowest BCUT2D eigenvalue weighted by molar-refractivity contribution is 0.0209. The van der Waals surface area contributed by atoms with E-state index in [1.165, 1.54) is 5.06 Å². The molecule has 0 aromatic carbocycles. The number of hydroxylamine groups is 2. The second-order valence-electron chi connectivity index (χ2n) is 5.80. The summed E-state index contributed by atoms with van der Waals surface area (Å²) in [5.74, 6) is 0.00663. The number of amides is 1. The second-order valence-corrected chi connectivity index (χ2v) is 5.80. The van der Waals surface area contributed by atoms with Gasteiger partial charge < -0.3 is 4.74 Å². The van der Waals surface area contributed by atoms with Gasteiger partial charge in [-0.15, -0.1) is 5.06 Å². The third kappa shape index (κ3) is 3.15. The quantitative estimate of drug-likeness (QED) is 0.681. The molecule has 1 aliphatic carbocycles. The van der Waals surface area contributed by atoms with Crippen LogP contribution in [0.15, 0.2) is 23.8 Å². The summed E-state index contributed by atoms with van der Waals surface area (Å²) in [7, 11) is 0. The van der Waals surface area contributed by atoms with E-state index < -0.39 is 11.7 Å². The zero-order valence-electron chi connectivity index (χ0n) is 11.6. The maximum Gasteiger partial charge on any atom is 0.437 e.